The van der Waals surface area contributed by atoms with Crippen LogP contribution in [0.4, 0.5) is 11.4 Å². The number of imide groups is 1. The molecule has 3 aromatic carbocycles. The highest BCUT2D eigenvalue weighted by Gasteiger charge is 2.35. The van der Waals surface area contributed by atoms with Crippen LogP contribution in [-0.2, 0) is 0 Å². The summed E-state index contributed by atoms with van der Waals surface area (Å²) in [4.78, 5) is 62.4. The number of carbonyl (C=O) groups excluding carboxylic acids is 4. The summed E-state index contributed by atoms with van der Waals surface area (Å²) < 4.78 is 0. The van der Waals surface area contributed by atoms with Gasteiger partial charge in [0.2, 0.25) is 0 Å². The third-order valence-electron chi connectivity index (χ3n) is 5.78. The molecule has 0 aromatic heterocycles. The molecule has 0 unspecified atom stereocenters. The minimum absolute atomic E-state index is 0.0937. The van der Waals surface area contributed by atoms with Crippen molar-refractivity contribution in [2.75, 3.05) is 11.9 Å². The van der Waals surface area contributed by atoms with Crippen molar-refractivity contribution in [1.29, 1.82) is 0 Å². The van der Waals surface area contributed by atoms with Gasteiger partial charge in [-0.1, -0.05) is 30.3 Å². The zero-order chi connectivity index (χ0) is 26.7. The van der Waals surface area contributed by atoms with E-state index in [0.29, 0.717) is 16.8 Å². The van der Waals surface area contributed by atoms with Gasteiger partial charge in [0.25, 0.3) is 29.3 Å². The average Bonchev–Trinajstić information content (AvgIpc) is 3.12. The molecular weight excluding hydrogens is 478 g/mol. The molecule has 1 heterocycles. The molecule has 0 spiro atoms. The van der Waals surface area contributed by atoms with Crippen LogP contribution in [0.3, 0.4) is 0 Å². The molecule has 2 N–H and O–H groups in total. The summed E-state index contributed by atoms with van der Waals surface area (Å²) in [6.45, 7) is 2.91. The first-order chi connectivity index (χ1) is 17.7. The Balaban J connectivity index is 1.46. The van der Waals surface area contributed by atoms with E-state index in [9.17, 15) is 29.3 Å². The Morgan fingerprint density at radius 2 is 1.49 bits per heavy atom. The van der Waals surface area contributed by atoms with Gasteiger partial charge in [-0.05, 0) is 44.2 Å². The Kier molecular flexibility index (Phi) is 6.87. The third-order valence-corrected chi connectivity index (χ3v) is 5.78. The Labute approximate surface area is 210 Å². The minimum Gasteiger partial charge on any atom is -0.321 e. The normalized spacial score (nSPS) is 12.8. The van der Waals surface area contributed by atoms with Gasteiger partial charge in [0, 0.05) is 17.2 Å². The second-order valence-electron chi connectivity index (χ2n) is 8.24. The van der Waals surface area contributed by atoms with Crippen LogP contribution in [0.1, 0.15) is 53.9 Å². The Morgan fingerprint density at radius 3 is 2.14 bits per heavy atom. The zero-order valence-electron chi connectivity index (χ0n) is 19.8. The third kappa shape index (κ3) is 4.96. The van der Waals surface area contributed by atoms with Gasteiger partial charge in [0.1, 0.15) is 0 Å². The lowest BCUT2D eigenvalue weighted by atomic mass is 10.1. The maximum Gasteiger partial charge on any atom is 0.273 e. The van der Waals surface area contributed by atoms with E-state index in [0.717, 1.165) is 4.90 Å². The second kappa shape index (κ2) is 10.2. The Morgan fingerprint density at radius 1 is 0.892 bits per heavy atom. The standard InChI is InChI=1S/C26H21N5O6/c1-15(14-30-25(34)18-8-3-4-9-19(18)26(30)35)28-29-24(33)20-10-5-6-12-21(20)27-23(32)17-11-7-13-22(16(17)2)31(36)37/h3-13H,14H2,1-2H3,(H,27,32)(H,29,33). The highest BCUT2D eigenvalue weighted by molar-refractivity contribution is 6.22. The van der Waals surface area contributed by atoms with Crippen LogP contribution in [0, 0.1) is 17.0 Å². The van der Waals surface area contributed by atoms with Crippen molar-refractivity contribution in [2.45, 2.75) is 13.8 Å². The maximum absolute atomic E-state index is 12.8. The van der Waals surface area contributed by atoms with Crippen molar-refractivity contribution in [3.05, 3.63) is 105 Å². The van der Waals surface area contributed by atoms with Gasteiger partial charge in [0.15, 0.2) is 0 Å². The van der Waals surface area contributed by atoms with Crippen molar-refractivity contribution < 1.29 is 24.1 Å². The first-order valence-electron chi connectivity index (χ1n) is 11.1. The molecule has 37 heavy (non-hydrogen) atoms. The molecule has 0 aliphatic carbocycles. The minimum atomic E-state index is -0.645. The zero-order valence-corrected chi connectivity index (χ0v) is 19.8. The van der Waals surface area contributed by atoms with E-state index < -0.39 is 28.6 Å². The predicted molar refractivity (Wildman–Crippen MR) is 135 cm³/mol. The summed E-state index contributed by atoms with van der Waals surface area (Å²) >= 11 is 0. The van der Waals surface area contributed by atoms with Crippen LogP contribution >= 0.6 is 0 Å². The lowest BCUT2D eigenvalue weighted by Gasteiger charge is -2.14. The summed E-state index contributed by atoms with van der Waals surface area (Å²) in [6, 6.07) is 16.8. The summed E-state index contributed by atoms with van der Waals surface area (Å²) in [5, 5.41) is 17.8. The van der Waals surface area contributed by atoms with Crippen LogP contribution in [0.5, 0.6) is 0 Å². The SMILES string of the molecule is CC(CN1C(=O)c2ccccc2C1=O)=NNC(=O)c1ccccc1NC(=O)c1cccc([N+](=O)[O-])c1C. The summed E-state index contributed by atoms with van der Waals surface area (Å²) in [5.41, 5.74) is 3.66. The molecule has 0 bridgehead atoms. The van der Waals surface area contributed by atoms with Crippen LogP contribution in [0.2, 0.25) is 0 Å². The van der Waals surface area contributed by atoms with E-state index in [2.05, 4.69) is 15.8 Å². The molecule has 186 valence electrons. The number of nitrogens with one attached hydrogen (secondary N) is 2. The fraction of sp³-hybridized carbons (Fsp3) is 0.115. The van der Waals surface area contributed by atoms with E-state index in [1.807, 2.05) is 0 Å². The lowest BCUT2D eigenvalue weighted by Crippen LogP contribution is -2.35. The molecule has 0 fully saturated rings. The van der Waals surface area contributed by atoms with Crippen molar-refractivity contribution >= 4 is 40.7 Å². The summed E-state index contributed by atoms with van der Waals surface area (Å²) in [6.07, 6.45) is 0. The number of nitro benzene ring substituents is 1. The molecule has 1 aliphatic heterocycles. The van der Waals surface area contributed by atoms with Crippen molar-refractivity contribution in [3.8, 4) is 0 Å². The van der Waals surface area contributed by atoms with Crippen molar-refractivity contribution in [1.82, 2.24) is 10.3 Å². The van der Waals surface area contributed by atoms with Crippen molar-refractivity contribution in [2.24, 2.45) is 5.10 Å². The number of hydrazone groups is 1. The molecule has 4 amide bonds. The monoisotopic (exact) mass is 499 g/mol. The molecular formula is C26H21N5O6. The van der Waals surface area contributed by atoms with Crippen LogP contribution < -0.4 is 10.7 Å². The fourth-order valence-electron chi connectivity index (χ4n) is 3.90. The van der Waals surface area contributed by atoms with Gasteiger partial charge in [-0.2, -0.15) is 5.10 Å². The van der Waals surface area contributed by atoms with Gasteiger partial charge in [-0.25, -0.2) is 5.43 Å². The topological polar surface area (TPSA) is 151 Å². The van der Waals surface area contributed by atoms with Crippen LogP contribution in [0.15, 0.2) is 71.8 Å². The second-order valence-corrected chi connectivity index (χ2v) is 8.24. The van der Waals surface area contributed by atoms with Gasteiger partial charge < -0.3 is 5.32 Å². The molecule has 1 aliphatic rings. The van der Waals surface area contributed by atoms with Crippen molar-refractivity contribution in [3.63, 3.8) is 0 Å². The molecule has 0 saturated carbocycles. The number of carbonyl (C=O) groups is 4. The van der Waals surface area contributed by atoms with E-state index in [-0.39, 0.29) is 34.6 Å². The highest BCUT2D eigenvalue weighted by atomic mass is 16.6. The highest BCUT2D eigenvalue weighted by Crippen LogP contribution is 2.24. The predicted octanol–water partition coefficient (Wildman–Crippen LogP) is 3.56. The van der Waals surface area contributed by atoms with Gasteiger partial charge in [-0.3, -0.25) is 34.2 Å². The van der Waals surface area contributed by atoms with Gasteiger partial charge in [-0.15, -0.1) is 0 Å². The first kappa shape index (κ1) is 24.9. The number of nitro groups is 1. The smallest absolute Gasteiger partial charge is 0.273 e. The van der Waals surface area contributed by atoms with E-state index >= 15 is 0 Å². The largest absolute Gasteiger partial charge is 0.321 e. The fourth-order valence-corrected chi connectivity index (χ4v) is 3.90. The first-order valence-corrected chi connectivity index (χ1v) is 11.1. The number of amides is 4. The van der Waals surface area contributed by atoms with E-state index in [4.69, 9.17) is 0 Å². The van der Waals surface area contributed by atoms with E-state index in [1.165, 1.54) is 37.3 Å². The number of rotatable bonds is 7. The average molecular weight is 499 g/mol. The summed E-state index contributed by atoms with van der Waals surface area (Å²) in [5.74, 6) is -2.14. The number of anilines is 1. The van der Waals surface area contributed by atoms with Gasteiger partial charge >= 0.3 is 0 Å². The number of para-hydroxylation sites is 1. The van der Waals surface area contributed by atoms with E-state index in [1.54, 1.807) is 43.3 Å². The number of nitrogens with zero attached hydrogens (tertiary/aromatic N) is 3. The molecule has 0 atom stereocenters. The molecule has 4 rings (SSSR count). The van der Waals surface area contributed by atoms with Crippen LogP contribution in [-0.4, -0.2) is 45.7 Å². The molecule has 11 heteroatoms. The number of benzene rings is 3. The van der Waals surface area contributed by atoms with Gasteiger partial charge in [0.05, 0.1) is 39.6 Å². The maximum atomic E-state index is 12.8. The Hall–Kier alpha value is -5.19. The molecule has 0 saturated heterocycles. The number of hydrogen-bond acceptors (Lipinski definition) is 7. The summed E-state index contributed by atoms with van der Waals surface area (Å²) in [7, 11) is 0. The number of fused-ring (bicyclic) bond motifs is 1. The number of hydrogen-bond donors (Lipinski definition) is 2. The molecule has 11 nitrogen and oxygen atoms in total. The van der Waals surface area contributed by atoms with Crippen LogP contribution in [0.25, 0.3) is 0 Å². The Bertz CT molecular complexity index is 1460. The lowest BCUT2D eigenvalue weighted by molar-refractivity contribution is -0.385. The molecule has 3 aromatic rings. The quantitative estimate of drug-likeness (QED) is 0.220. The molecule has 0 radical (unpaired) electrons.